The van der Waals surface area contributed by atoms with Crippen LogP contribution in [0.15, 0.2) is 28.7 Å². The van der Waals surface area contributed by atoms with Crippen molar-refractivity contribution in [3.8, 4) is 0 Å². The quantitative estimate of drug-likeness (QED) is 0.920. The maximum Gasteiger partial charge on any atom is 0.109 e. The summed E-state index contributed by atoms with van der Waals surface area (Å²) in [6.07, 6.45) is 0. The molecule has 0 saturated carbocycles. The van der Waals surface area contributed by atoms with Crippen molar-refractivity contribution in [2.75, 3.05) is 32.9 Å². The first-order valence-electron chi connectivity index (χ1n) is 5.57. The van der Waals surface area contributed by atoms with E-state index in [0.717, 1.165) is 36.2 Å². The van der Waals surface area contributed by atoms with E-state index < -0.39 is 0 Å². The van der Waals surface area contributed by atoms with E-state index >= 15 is 0 Å². The summed E-state index contributed by atoms with van der Waals surface area (Å²) in [6.45, 7) is 3.43. The maximum atomic E-state index is 13.2. The minimum atomic E-state index is -0.318. The second-order valence-electron chi connectivity index (χ2n) is 4.01. The smallest absolute Gasteiger partial charge is 0.109 e. The molecule has 0 aromatic heterocycles. The summed E-state index contributed by atoms with van der Waals surface area (Å²) in [4.78, 5) is 2.21. The fourth-order valence-electron chi connectivity index (χ4n) is 2.08. The van der Waals surface area contributed by atoms with Gasteiger partial charge in [-0.05, 0) is 17.7 Å². The van der Waals surface area contributed by atoms with Gasteiger partial charge in [0.2, 0.25) is 0 Å². The maximum absolute atomic E-state index is 13.2. The molecular weight excluding hydrogens is 307 g/mol. The Balaban J connectivity index is 0.00000144. The van der Waals surface area contributed by atoms with E-state index in [1.165, 1.54) is 0 Å². The summed E-state index contributed by atoms with van der Waals surface area (Å²) >= 11 is 3.40. The minimum absolute atomic E-state index is 0. The number of nitrogens with zero attached hydrogens (tertiary/aromatic N) is 1. The van der Waals surface area contributed by atoms with Crippen LogP contribution in [0, 0.1) is 0 Å². The summed E-state index contributed by atoms with van der Waals surface area (Å²) in [5.74, 6) is 0. The third-order valence-corrected chi connectivity index (χ3v) is 3.52. The third-order valence-electron chi connectivity index (χ3n) is 2.99. The van der Waals surface area contributed by atoms with Gasteiger partial charge >= 0.3 is 0 Å². The zero-order chi connectivity index (χ0) is 11.4. The summed E-state index contributed by atoms with van der Waals surface area (Å²) in [5.41, 5.74) is 1.06. The molecule has 1 aromatic carbocycles. The summed E-state index contributed by atoms with van der Waals surface area (Å²) < 4.78 is 14.2. The van der Waals surface area contributed by atoms with Crippen LogP contribution in [0.3, 0.4) is 0 Å². The molecule has 1 aliphatic heterocycles. The van der Waals surface area contributed by atoms with Crippen LogP contribution in [0.2, 0.25) is 0 Å². The van der Waals surface area contributed by atoms with E-state index in [4.69, 9.17) is 0 Å². The van der Waals surface area contributed by atoms with Crippen LogP contribution in [0.5, 0.6) is 0 Å². The first kappa shape index (κ1) is 14.9. The van der Waals surface area contributed by atoms with Crippen LogP contribution in [0.25, 0.3) is 0 Å². The predicted octanol–water partition coefficient (Wildman–Crippen LogP) is 2.79. The number of piperazine rings is 1. The van der Waals surface area contributed by atoms with Gasteiger partial charge in [-0.2, -0.15) is 0 Å². The summed E-state index contributed by atoms with van der Waals surface area (Å²) in [7, 11) is 0. The molecule has 0 aliphatic carbocycles. The van der Waals surface area contributed by atoms with Gasteiger partial charge in [0.05, 0.1) is 6.04 Å². The Labute approximate surface area is 116 Å². The summed E-state index contributed by atoms with van der Waals surface area (Å²) in [5, 5.41) is 3.28. The Bertz CT molecular complexity index is 328. The second kappa shape index (κ2) is 7.31. The molecule has 1 saturated heterocycles. The molecule has 1 fully saturated rings. The van der Waals surface area contributed by atoms with Gasteiger partial charge in [0.15, 0.2) is 0 Å². The molecule has 17 heavy (non-hydrogen) atoms. The van der Waals surface area contributed by atoms with Crippen molar-refractivity contribution in [2.24, 2.45) is 0 Å². The Kier molecular flexibility index (Phi) is 6.41. The van der Waals surface area contributed by atoms with Crippen molar-refractivity contribution in [1.82, 2.24) is 10.2 Å². The monoisotopic (exact) mass is 322 g/mol. The molecule has 5 heteroatoms. The molecule has 0 unspecified atom stereocenters. The number of alkyl halides is 1. The highest BCUT2D eigenvalue weighted by Gasteiger charge is 2.21. The standard InChI is InChI=1S/C12H16BrFN2.ClH/c13-11-3-1-10(2-4-11)12(9-14)16-7-5-15-6-8-16;/h1-4,12,15H,5-9H2;1H/t12-;/m0./s1. The first-order chi connectivity index (χ1) is 7.81. The van der Waals surface area contributed by atoms with E-state index in [-0.39, 0.29) is 25.1 Å². The number of nitrogens with one attached hydrogen (secondary N) is 1. The second-order valence-corrected chi connectivity index (χ2v) is 4.92. The molecule has 0 bridgehead atoms. The number of hydrogen-bond donors (Lipinski definition) is 1. The van der Waals surface area contributed by atoms with E-state index in [1.807, 2.05) is 24.3 Å². The molecular formula is C12H17BrClFN2. The lowest BCUT2D eigenvalue weighted by molar-refractivity contribution is 0.147. The number of rotatable bonds is 3. The Morgan fingerprint density at radius 1 is 1.24 bits per heavy atom. The fraction of sp³-hybridized carbons (Fsp3) is 0.500. The SMILES string of the molecule is Cl.FC[C@@H](c1ccc(Br)cc1)N1CCNCC1. The van der Waals surface area contributed by atoms with Crippen molar-refractivity contribution in [3.63, 3.8) is 0 Å². The zero-order valence-electron chi connectivity index (χ0n) is 9.53. The van der Waals surface area contributed by atoms with Crippen LogP contribution in [-0.4, -0.2) is 37.8 Å². The topological polar surface area (TPSA) is 15.3 Å². The van der Waals surface area contributed by atoms with Gasteiger partial charge in [-0.25, -0.2) is 4.39 Å². The van der Waals surface area contributed by atoms with Crippen LogP contribution in [0.4, 0.5) is 4.39 Å². The molecule has 0 radical (unpaired) electrons. The number of halogens is 3. The van der Waals surface area contributed by atoms with Crippen LogP contribution < -0.4 is 5.32 Å². The number of benzene rings is 1. The van der Waals surface area contributed by atoms with Crippen LogP contribution in [-0.2, 0) is 0 Å². The van der Waals surface area contributed by atoms with Gasteiger partial charge in [-0.15, -0.1) is 12.4 Å². The van der Waals surface area contributed by atoms with E-state index in [0.29, 0.717) is 0 Å². The van der Waals surface area contributed by atoms with Gasteiger partial charge < -0.3 is 5.32 Å². The van der Waals surface area contributed by atoms with Crippen molar-refractivity contribution < 1.29 is 4.39 Å². The minimum Gasteiger partial charge on any atom is -0.314 e. The Hall–Kier alpha value is -0.160. The molecule has 1 N–H and O–H groups in total. The van der Waals surface area contributed by atoms with Gasteiger partial charge in [0, 0.05) is 30.7 Å². The molecule has 1 atom stereocenters. The predicted molar refractivity (Wildman–Crippen MR) is 74.5 cm³/mol. The Morgan fingerprint density at radius 2 is 1.82 bits per heavy atom. The molecule has 0 amide bonds. The van der Waals surface area contributed by atoms with E-state index in [1.54, 1.807) is 0 Å². The van der Waals surface area contributed by atoms with Gasteiger partial charge in [-0.1, -0.05) is 28.1 Å². The highest BCUT2D eigenvalue weighted by Crippen LogP contribution is 2.23. The van der Waals surface area contributed by atoms with Crippen molar-refractivity contribution in [1.29, 1.82) is 0 Å². The lowest BCUT2D eigenvalue weighted by Crippen LogP contribution is -2.45. The van der Waals surface area contributed by atoms with Crippen molar-refractivity contribution >= 4 is 28.3 Å². The zero-order valence-corrected chi connectivity index (χ0v) is 11.9. The fourth-order valence-corrected chi connectivity index (χ4v) is 2.34. The van der Waals surface area contributed by atoms with Gasteiger partial charge in [-0.3, -0.25) is 4.90 Å². The third kappa shape index (κ3) is 3.91. The molecule has 96 valence electrons. The lowest BCUT2D eigenvalue weighted by Gasteiger charge is -2.33. The lowest BCUT2D eigenvalue weighted by atomic mass is 10.1. The van der Waals surface area contributed by atoms with Crippen molar-refractivity contribution in [3.05, 3.63) is 34.3 Å². The van der Waals surface area contributed by atoms with Gasteiger partial charge in [0.25, 0.3) is 0 Å². The molecule has 1 heterocycles. The van der Waals surface area contributed by atoms with Crippen molar-refractivity contribution in [2.45, 2.75) is 6.04 Å². The largest absolute Gasteiger partial charge is 0.314 e. The Morgan fingerprint density at radius 3 is 2.35 bits per heavy atom. The highest BCUT2D eigenvalue weighted by molar-refractivity contribution is 9.10. The molecule has 0 spiro atoms. The molecule has 1 aromatic rings. The molecule has 1 aliphatic rings. The molecule has 2 nitrogen and oxygen atoms in total. The van der Waals surface area contributed by atoms with E-state index in [9.17, 15) is 4.39 Å². The first-order valence-corrected chi connectivity index (χ1v) is 6.37. The average Bonchev–Trinajstić information content (AvgIpc) is 2.34. The normalized spacial score (nSPS) is 18.5. The summed E-state index contributed by atoms with van der Waals surface area (Å²) in [6, 6.07) is 7.85. The van der Waals surface area contributed by atoms with E-state index in [2.05, 4.69) is 26.1 Å². The molecule has 2 rings (SSSR count). The number of hydrogen-bond acceptors (Lipinski definition) is 2. The average molecular weight is 324 g/mol. The van der Waals surface area contributed by atoms with Crippen LogP contribution >= 0.6 is 28.3 Å². The highest BCUT2D eigenvalue weighted by atomic mass is 79.9. The van der Waals surface area contributed by atoms with Crippen LogP contribution in [0.1, 0.15) is 11.6 Å². The van der Waals surface area contributed by atoms with Gasteiger partial charge in [0.1, 0.15) is 6.67 Å².